The van der Waals surface area contributed by atoms with Gasteiger partial charge >= 0.3 is 6.36 Å². The fourth-order valence-corrected chi connectivity index (χ4v) is 1.82. The van der Waals surface area contributed by atoms with Gasteiger partial charge in [0.05, 0.1) is 5.57 Å². The molecule has 0 aliphatic heterocycles. The summed E-state index contributed by atoms with van der Waals surface area (Å²) < 4.78 is 41.4. The van der Waals surface area contributed by atoms with E-state index in [9.17, 15) is 18.4 Å². The molecule has 1 heterocycles. The van der Waals surface area contributed by atoms with Gasteiger partial charge < -0.3 is 15.4 Å². The Morgan fingerprint density at radius 3 is 2.52 bits per heavy atom. The van der Waals surface area contributed by atoms with E-state index in [2.05, 4.69) is 19.7 Å². The van der Waals surface area contributed by atoms with Crippen LogP contribution in [-0.4, -0.2) is 35.4 Å². The van der Waals surface area contributed by atoms with Crippen molar-refractivity contribution >= 4 is 23.5 Å². The first kappa shape index (κ1) is 18.0. The number of aromatic nitrogens is 3. The van der Waals surface area contributed by atoms with Gasteiger partial charge in [0, 0.05) is 19.7 Å². The molecule has 0 saturated carbocycles. The number of nitrogens with two attached hydrogens (primary N) is 1. The van der Waals surface area contributed by atoms with Gasteiger partial charge in [-0.05, 0) is 12.1 Å². The van der Waals surface area contributed by atoms with Gasteiger partial charge in [0.25, 0.3) is 0 Å². The van der Waals surface area contributed by atoms with Gasteiger partial charge in [-0.3, -0.25) is 0 Å². The van der Waals surface area contributed by atoms with E-state index < -0.39 is 12.1 Å². The third-order valence-electron chi connectivity index (χ3n) is 2.85. The second kappa shape index (κ2) is 7.04. The van der Waals surface area contributed by atoms with Crippen molar-refractivity contribution in [3.63, 3.8) is 0 Å². The molecule has 0 atom stereocenters. The number of hydrogen-bond donors (Lipinski definition) is 1. The first-order valence-corrected chi connectivity index (χ1v) is 6.85. The molecular weight excluding hydrogens is 337 g/mol. The first-order valence-electron chi connectivity index (χ1n) is 6.85. The molecule has 0 fully saturated rings. The maximum Gasteiger partial charge on any atom is 0.573 e. The Bertz CT molecular complexity index is 842. The summed E-state index contributed by atoms with van der Waals surface area (Å²) in [6, 6.07) is 7.25. The topological polar surface area (TPSA) is 101 Å². The number of anilines is 2. The molecule has 0 saturated heterocycles. The van der Waals surface area contributed by atoms with Gasteiger partial charge in [-0.1, -0.05) is 18.2 Å². The zero-order valence-electron chi connectivity index (χ0n) is 13.2. The molecule has 7 nitrogen and oxygen atoms in total. The molecule has 0 bridgehead atoms. The summed E-state index contributed by atoms with van der Waals surface area (Å²) in [6.07, 6.45) is -3.66. The summed E-state index contributed by atoms with van der Waals surface area (Å²) in [6.45, 7) is 0. The van der Waals surface area contributed by atoms with Crippen molar-refractivity contribution in [1.29, 1.82) is 5.26 Å². The summed E-state index contributed by atoms with van der Waals surface area (Å²) in [5.41, 5.74) is 5.55. The minimum absolute atomic E-state index is 0.0433. The number of alkyl halides is 3. The Labute approximate surface area is 141 Å². The molecule has 25 heavy (non-hydrogen) atoms. The minimum Gasteiger partial charge on any atom is -0.405 e. The second-order valence-corrected chi connectivity index (χ2v) is 4.97. The number of halogens is 3. The summed E-state index contributed by atoms with van der Waals surface area (Å²) in [5, 5.41) is 9.35. The zero-order chi connectivity index (χ0) is 18.6. The Balaban J connectivity index is 2.51. The van der Waals surface area contributed by atoms with Gasteiger partial charge in [-0.2, -0.15) is 20.2 Å². The van der Waals surface area contributed by atoms with Crippen LogP contribution < -0.4 is 15.4 Å². The number of rotatable bonds is 4. The van der Waals surface area contributed by atoms with Gasteiger partial charge in [0.1, 0.15) is 11.8 Å². The summed E-state index contributed by atoms with van der Waals surface area (Å²) in [5.74, 6) is -0.406. The van der Waals surface area contributed by atoms with Crippen molar-refractivity contribution in [3.8, 4) is 11.8 Å². The molecule has 0 spiro atoms. The van der Waals surface area contributed by atoms with Crippen LogP contribution in [0.2, 0.25) is 0 Å². The number of nitrogen functional groups attached to an aromatic ring is 1. The summed E-state index contributed by atoms with van der Waals surface area (Å²) >= 11 is 0. The van der Waals surface area contributed by atoms with Crippen molar-refractivity contribution in [2.24, 2.45) is 0 Å². The number of benzene rings is 1. The predicted octanol–water partition coefficient (Wildman–Crippen LogP) is 2.48. The molecule has 10 heteroatoms. The van der Waals surface area contributed by atoms with Crippen LogP contribution in [0.15, 0.2) is 24.3 Å². The molecular formula is C15H13F3N6O. The van der Waals surface area contributed by atoms with Crippen LogP contribution >= 0.6 is 0 Å². The molecule has 1 aromatic carbocycles. The SMILES string of the molecule is CN(C)c1nc(N)nc(C(C#N)=Cc2ccccc2OC(F)(F)F)n1. The van der Waals surface area contributed by atoms with Crippen LogP contribution in [0.5, 0.6) is 5.75 Å². The molecule has 2 N–H and O–H groups in total. The monoisotopic (exact) mass is 350 g/mol. The zero-order valence-corrected chi connectivity index (χ0v) is 13.2. The van der Waals surface area contributed by atoms with Crippen molar-refractivity contribution in [1.82, 2.24) is 15.0 Å². The third-order valence-corrected chi connectivity index (χ3v) is 2.85. The molecule has 0 unspecified atom stereocenters. The van der Waals surface area contributed by atoms with Crippen LogP contribution in [0.3, 0.4) is 0 Å². The predicted molar refractivity (Wildman–Crippen MR) is 85.2 cm³/mol. The fourth-order valence-electron chi connectivity index (χ4n) is 1.82. The largest absolute Gasteiger partial charge is 0.573 e. The molecule has 2 rings (SSSR count). The molecule has 130 valence electrons. The van der Waals surface area contributed by atoms with Crippen LogP contribution in [0.25, 0.3) is 11.6 Å². The minimum atomic E-state index is -4.85. The van der Waals surface area contributed by atoms with E-state index >= 15 is 0 Å². The molecule has 1 aromatic heterocycles. The standard InChI is InChI=1S/C15H13F3N6O/c1-24(2)14-22-12(21-13(20)23-14)10(8-19)7-9-5-3-4-6-11(9)25-15(16,17)18/h3-7H,1-2H3,(H2,20,21,22,23). The smallest absolute Gasteiger partial charge is 0.405 e. The molecule has 0 aliphatic rings. The highest BCUT2D eigenvalue weighted by Crippen LogP contribution is 2.29. The summed E-state index contributed by atoms with van der Waals surface area (Å²) in [7, 11) is 3.33. The average molecular weight is 350 g/mol. The van der Waals surface area contributed by atoms with Crippen LogP contribution in [0.1, 0.15) is 11.4 Å². The number of ether oxygens (including phenoxy) is 1. The van der Waals surface area contributed by atoms with Crippen LogP contribution in [0, 0.1) is 11.3 Å². The normalized spacial score (nSPS) is 11.8. The van der Waals surface area contributed by atoms with E-state index in [1.807, 2.05) is 6.07 Å². The lowest BCUT2D eigenvalue weighted by Crippen LogP contribution is -2.17. The lowest BCUT2D eigenvalue weighted by molar-refractivity contribution is -0.274. The molecule has 0 aliphatic carbocycles. The number of nitrogens with zero attached hydrogens (tertiary/aromatic N) is 5. The average Bonchev–Trinajstić information content (AvgIpc) is 2.52. The Morgan fingerprint density at radius 2 is 1.92 bits per heavy atom. The molecule has 0 radical (unpaired) electrons. The lowest BCUT2D eigenvalue weighted by atomic mass is 10.1. The van der Waals surface area contributed by atoms with E-state index in [1.165, 1.54) is 24.3 Å². The Kier molecular flexibility index (Phi) is 5.07. The quantitative estimate of drug-likeness (QED) is 0.845. The Hall–Kier alpha value is -3.35. The van der Waals surface area contributed by atoms with Gasteiger partial charge in [-0.15, -0.1) is 13.2 Å². The maximum absolute atomic E-state index is 12.5. The molecule has 0 amide bonds. The van der Waals surface area contributed by atoms with Crippen molar-refractivity contribution < 1.29 is 17.9 Å². The number of hydrogen-bond acceptors (Lipinski definition) is 7. The lowest BCUT2D eigenvalue weighted by Gasteiger charge is -2.12. The van der Waals surface area contributed by atoms with Gasteiger partial charge in [0.15, 0.2) is 5.82 Å². The van der Waals surface area contributed by atoms with Gasteiger partial charge in [0.2, 0.25) is 11.9 Å². The number of nitriles is 1. The highest BCUT2D eigenvalue weighted by molar-refractivity contribution is 5.88. The second-order valence-electron chi connectivity index (χ2n) is 4.97. The van der Waals surface area contributed by atoms with Crippen molar-refractivity contribution in [2.75, 3.05) is 24.7 Å². The summed E-state index contributed by atoms with van der Waals surface area (Å²) in [4.78, 5) is 13.4. The van der Waals surface area contributed by atoms with E-state index in [1.54, 1.807) is 19.0 Å². The fraction of sp³-hybridized carbons (Fsp3) is 0.200. The number of allylic oxidation sites excluding steroid dienone is 1. The van der Waals surface area contributed by atoms with Crippen molar-refractivity contribution in [2.45, 2.75) is 6.36 Å². The molecule has 2 aromatic rings. The van der Waals surface area contributed by atoms with E-state index in [4.69, 9.17) is 5.73 Å². The Morgan fingerprint density at radius 1 is 1.24 bits per heavy atom. The van der Waals surface area contributed by atoms with Crippen LogP contribution in [0.4, 0.5) is 25.1 Å². The highest BCUT2D eigenvalue weighted by Gasteiger charge is 2.31. The van der Waals surface area contributed by atoms with Crippen LogP contribution in [-0.2, 0) is 0 Å². The van der Waals surface area contributed by atoms with E-state index in [0.717, 1.165) is 6.07 Å². The number of para-hydroxylation sites is 1. The third kappa shape index (κ3) is 4.81. The van der Waals surface area contributed by atoms with Gasteiger partial charge in [-0.25, -0.2) is 0 Å². The first-order chi connectivity index (χ1) is 11.7. The van der Waals surface area contributed by atoms with Crippen molar-refractivity contribution in [3.05, 3.63) is 35.7 Å². The van der Waals surface area contributed by atoms with E-state index in [0.29, 0.717) is 0 Å². The van der Waals surface area contributed by atoms with E-state index in [-0.39, 0.29) is 28.9 Å². The maximum atomic E-state index is 12.5. The highest BCUT2D eigenvalue weighted by atomic mass is 19.4.